The molecule has 0 amide bonds. The Morgan fingerprint density at radius 3 is 2.33 bits per heavy atom. The number of Topliss-reactive ketones (excluding diaryl/α,β-unsaturated/α-hetero) is 1. The van der Waals surface area contributed by atoms with E-state index in [0.29, 0.717) is 23.0 Å². The van der Waals surface area contributed by atoms with Gasteiger partial charge in [0.25, 0.3) is 0 Å². The molecule has 4 aliphatic carbocycles. The number of rotatable bonds is 6. The molecule has 4 rings (SSSR count). The van der Waals surface area contributed by atoms with Crippen molar-refractivity contribution in [3.8, 4) is 0 Å². The summed E-state index contributed by atoms with van der Waals surface area (Å²) in [5.74, 6) is 4.13. The van der Waals surface area contributed by atoms with Crippen molar-refractivity contribution in [3.05, 3.63) is 0 Å². The highest BCUT2D eigenvalue weighted by atomic mass is 79.9. The Bertz CT molecular complexity index is 749. The van der Waals surface area contributed by atoms with E-state index in [9.17, 15) is 9.59 Å². The number of carbonyl (C=O) groups excluding carboxylic acids is 2. The van der Waals surface area contributed by atoms with Crippen molar-refractivity contribution in [2.45, 2.75) is 117 Å². The Balaban J connectivity index is 1.53. The second-order valence-electron chi connectivity index (χ2n) is 13.2. The molecule has 0 aliphatic heterocycles. The van der Waals surface area contributed by atoms with Crippen LogP contribution in [0.25, 0.3) is 0 Å². The Kier molecular flexibility index (Phi) is 7.46. The highest BCUT2D eigenvalue weighted by Gasteiger charge is 2.65. The molecule has 0 N–H and O–H groups in total. The molecule has 0 aromatic heterocycles. The zero-order valence-electron chi connectivity index (χ0n) is 21.9. The molecule has 0 aromatic rings. The number of alkyl halides is 1. The largest absolute Gasteiger partial charge is 0.463 e. The molecule has 0 aromatic carbocycles. The number of ether oxygens (including phenoxy) is 1. The molecular formula is C29H47BrO3. The van der Waals surface area contributed by atoms with Crippen LogP contribution in [0.1, 0.15) is 106 Å². The molecule has 4 aliphatic rings. The van der Waals surface area contributed by atoms with Gasteiger partial charge < -0.3 is 4.74 Å². The van der Waals surface area contributed by atoms with Crippen LogP contribution in [0.4, 0.5) is 0 Å². The second kappa shape index (κ2) is 9.58. The fourth-order valence-electron chi connectivity index (χ4n) is 9.27. The van der Waals surface area contributed by atoms with E-state index < -0.39 is 0 Å². The lowest BCUT2D eigenvalue weighted by Crippen LogP contribution is -2.61. The average Bonchev–Trinajstić information content (AvgIpc) is 3.09. The molecule has 0 bridgehead atoms. The third kappa shape index (κ3) is 4.49. The number of hydrogen-bond acceptors (Lipinski definition) is 3. The monoisotopic (exact) mass is 522 g/mol. The van der Waals surface area contributed by atoms with Crippen molar-refractivity contribution >= 4 is 27.7 Å². The zero-order chi connectivity index (χ0) is 24.1. The van der Waals surface area contributed by atoms with Crippen molar-refractivity contribution in [3.63, 3.8) is 0 Å². The minimum atomic E-state index is -0.192. The van der Waals surface area contributed by atoms with Gasteiger partial charge in [-0.1, -0.05) is 69.8 Å². The zero-order valence-corrected chi connectivity index (χ0v) is 23.5. The van der Waals surface area contributed by atoms with Crippen molar-refractivity contribution in [1.82, 2.24) is 0 Å². The van der Waals surface area contributed by atoms with Crippen LogP contribution in [0.3, 0.4) is 0 Å². The molecule has 10 atom stereocenters. The molecule has 0 saturated heterocycles. The van der Waals surface area contributed by atoms with E-state index in [-0.39, 0.29) is 34.2 Å². The maximum atomic E-state index is 13.9. The van der Waals surface area contributed by atoms with Gasteiger partial charge in [0.15, 0.2) is 0 Å². The van der Waals surface area contributed by atoms with Crippen molar-refractivity contribution in [2.75, 3.05) is 0 Å². The maximum absolute atomic E-state index is 13.9. The van der Waals surface area contributed by atoms with Gasteiger partial charge in [0.1, 0.15) is 11.9 Å². The lowest BCUT2D eigenvalue weighted by molar-refractivity contribution is -0.166. The van der Waals surface area contributed by atoms with Gasteiger partial charge in [0, 0.05) is 12.8 Å². The van der Waals surface area contributed by atoms with Crippen LogP contribution in [-0.2, 0) is 14.3 Å². The van der Waals surface area contributed by atoms with Gasteiger partial charge in [-0.25, -0.2) is 0 Å². The summed E-state index contributed by atoms with van der Waals surface area (Å²) in [5, 5.41) is 0. The van der Waals surface area contributed by atoms with Gasteiger partial charge >= 0.3 is 5.97 Å². The summed E-state index contributed by atoms with van der Waals surface area (Å²) < 4.78 is 5.61. The highest BCUT2D eigenvalue weighted by molar-refractivity contribution is 9.10. The summed E-state index contributed by atoms with van der Waals surface area (Å²) in [7, 11) is 0. The fourth-order valence-corrected chi connectivity index (χ4v) is 10.4. The fraction of sp³-hybridized carbons (Fsp3) is 0.931. The molecule has 0 unspecified atom stereocenters. The highest BCUT2D eigenvalue weighted by Crippen LogP contribution is 2.68. The third-order valence-corrected chi connectivity index (χ3v) is 12.1. The summed E-state index contributed by atoms with van der Waals surface area (Å²) >= 11 is 3.90. The second-order valence-corrected chi connectivity index (χ2v) is 14.2. The normalized spacial score (nSPS) is 45.8. The number of fused-ring (bicyclic) bond motifs is 5. The van der Waals surface area contributed by atoms with Gasteiger partial charge in [-0.2, -0.15) is 0 Å². The Hall–Kier alpha value is -0.380. The maximum Gasteiger partial charge on any atom is 0.302 e. The third-order valence-electron chi connectivity index (χ3n) is 11.0. The number of ketones is 1. The Labute approximate surface area is 210 Å². The number of esters is 1. The Morgan fingerprint density at radius 2 is 1.67 bits per heavy atom. The summed E-state index contributed by atoms with van der Waals surface area (Å²) in [6.07, 6.45) is 11.9. The average molecular weight is 524 g/mol. The topological polar surface area (TPSA) is 43.4 Å². The van der Waals surface area contributed by atoms with Crippen LogP contribution in [0.5, 0.6) is 0 Å². The number of carbonyl (C=O) groups is 2. The minimum Gasteiger partial charge on any atom is -0.463 e. The molecule has 33 heavy (non-hydrogen) atoms. The first-order valence-electron chi connectivity index (χ1n) is 13.8. The van der Waals surface area contributed by atoms with E-state index in [2.05, 4.69) is 50.5 Å². The standard InChI is InChI=1S/C29H47BrO3/c1-17(2)8-7-9-18(3)21-10-11-22-25-23(13-15-28(21,22)5)29(6)14-12-20(33-19(4)31)16-24(29)26(30)27(25)32/h17-18,20-26H,7-16H2,1-6H3/t18-,20+,21-,22+,23+,24-,25+,26+,28-,29-/m1/s1. The van der Waals surface area contributed by atoms with E-state index in [4.69, 9.17) is 4.74 Å². The van der Waals surface area contributed by atoms with Crippen LogP contribution in [0.15, 0.2) is 0 Å². The molecule has 4 saturated carbocycles. The quantitative estimate of drug-likeness (QED) is 0.266. The van der Waals surface area contributed by atoms with E-state index in [1.807, 2.05) is 0 Å². The van der Waals surface area contributed by atoms with Gasteiger partial charge in [0.05, 0.1) is 4.83 Å². The molecule has 0 radical (unpaired) electrons. The summed E-state index contributed by atoms with van der Waals surface area (Å²) in [5.41, 5.74) is 0.491. The molecule has 0 heterocycles. The number of halogens is 1. The van der Waals surface area contributed by atoms with Crippen LogP contribution in [0.2, 0.25) is 0 Å². The molecule has 4 fully saturated rings. The van der Waals surface area contributed by atoms with Crippen molar-refractivity contribution in [2.24, 2.45) is 52.3 Å². The molecular weight excluding hydrogens is 476 g/mol. The van der Waals surface area contributed by atoms with Crippen molar-refractivity contribution < 1.29 is 14.3 Å². The van der Waals surface area contributed by atoms with Gasteiger partial charge in [-0.05, 0) is 91.3 Å². The summed E-state index contributed by atoms with van der Waals surface area (Å²) in [6, 6.07) is 0. The van der Waals surface area contributed by atoms with Gasteiger partial charge in [-0.3, -0.25) is 9.59 Å². The lowest BCUT2D eigenvalue weighted by Gasteiger charge is -2.61. The molecule has 4 heteroatoms. The predicted molar refractivity (Wildman–Crippen MR) is 137 cm³/mol. The van der Waals surface area contributed by atoms with Crippen LogP contribution >= 0.6 is 15.9 Å². The SMILES string of the molecule is CC(=O)O[C@H]1CC[C@@]2(C)[C@H](C1)[C@H](Br)C(=O)[C@@H]1[C@@H]2CC[C@]2(C)[C@@H]([C@H](C)CCCC(C)C)CC[C@@H]12. The first-order valence-corrected chi connectivity index (χ1v) is 14.8. The van der Waals surface area contributed by atoms with Gasteiger partial charge in [0.2, 0.25) is 0 Å². The molecule has 3 nitrogen and oxygen atoms in total. The first kappa shape index (κ1) is 25.7. The van der Waals surface area contributed by atoms with Crippen molar-refractivity contribution in [1.29, 1.82) is 0 Å². The first-order chi connectivity index (χ1) is 15.5. The van der Waals surface area contributed by atoms with E-state index >= 15 is 0 Å². The van der Waals surface area contributed by atoms with Gasteiger partial charge in [-0.15, -0.1) is 0 Å². The van der Waals surface area contributed by atoms with Crippen LogP contribution in [-0.4, -0.2) is 22.7 Å². The lowest BCUT2D eigenvalue weighted by atomic mass is 9.44. The van der Waals surface area contributed by atoms with Crippen LogP contribution < -0.4 is 0 Å². The molecule has 0 spiro atoms. The Morgan fingerprint density at radius 1 is 1.00 bits per heavy atom. The van der Waals surface area contributed by atoms with E-state index in [1.54, 1.807) is 0 Å². The minimum absolute atomic E-state index is 0.0265. The smallest absolute Gasteiger partial charge is 0.302 e. The summed E-state index contributed by atoms with van der Waals surface area (Å²) in [6.45, 7) is 13.7. The predicted octanol–water partition coefficient (Wildman–Crippen LogP) is 7.59. The van der Waals surface area contributed by atoms with E-state index in [0.717, 1.165) is 37.0 Å². The summed E-state index contributed by atoms with van der Waals surface area (Å²) in [4.78, 5) is 25.4. The van der Waals surface area contributed by atoms with Crippen LogP contribution in [0, 0.1) is 52.3 Å². The molecule has 188 valence electrons. The van der Waals surface area contributed by atoms with E-state index in [1.165, 1.54) is 51.9 Å². The number of hydrogen-bond donors (Lipinski definition) is 0.